The highest BCUT2D eigenvalue weighted by Gasteiger charge is 2.54. The van der Waals surface area contributed by atoms with E-state index < -0.39 is 29.2 Å². The molecule has 38 heavy (non-hydrogen) atoms. The second-order valence-corrected chi connectivity index (χ2v) is 11.5. The third kappa shape index (κ3) is 5.54. The predicted molar refractivity (Wildman–Crippen MR) is 145 cm³/mol. The number of carbonyl (C=O) groups excluding carboxylic acids is 2. The number of carboxylic acids is 1. The van der Waals surface area contributed by atoms with Gasteiger partial charge in [0.25, 0.3) is 11.8 Å². The molecular formula is C23H23N7O5S3. The summed E-state index contributed by atoms with van der Waals surface area (Å²) in [6.45, 7) is 0. The van der Waals surface area contributed by atoms with E-state index in [2.05, 4.69) is 24.8 Å². The van der Waals surface area contributed by atoms with E-state index in [1.165, 1.54) is 28.4 Å². The van der Waals surface area contributed by atoms with E-state index in [9.17, 15) is 19.5 Å². The summed E-state index contributed by atoms with van der Waals surface area (Å²) in [5, 5.41) is 17.9. The van der Waals surface area contributed by atoms with Crippen LogP contribution in [0, 0.1) is 0 Å². The standard InChI is InChI=1S/C23H23N7O5S3/c24-23-28-19(29-38-23)13-4-1-5-14(13)35-26-10-16(31)27-17-20(32)30-18(22(33)34)15(11-37-21(17)30)36-8-6-12-3-2-7-25-9-12/h2-3,6-10,13-14,17,21H,1,4-5,11H2,(H,27,31)(H,33,34)(H2,24,28,29)/b8-6-,26-10?/t13?,14?,17?,21-/m0/s1. The number of nitrogens with one attached hydrogen (secondary N) is 1. The van der Waals surface area contributed by atoms with E-state index in [1.807, 2.05) is 12.1 Å². The van der Waals surface area contributed by atoms with Crippen molar-refractivity contribution in [3.63, 3.8) is 0 Å². The summed E-state index contributed by atoms with van der Waals surface area (Å²) in [5.74, 6) is -1.31. The van der Waals surface area contributed by atoms with Crippen molar-refractivity contribution in [1.82, 2.24) is 24.6 Å². The molecule has 0 radical (unpaired) electrons. The molecule has 5 rings (SSSR count). The number of nitrogen functional groups attached to an aromatic ring is 1. The SMILES string of the molecule is Nc1nc(C2CCCC2ON=CC(=O)NC2C(=O)N3C(C(=O)O)=C(S/C=C\c4cccnc4)CS[C@@H]23)ns1. The second kappa shape index (κ2) is 11.5. The zero-order chi connectivity index (χ0) is 26.6. The fourth-order valence-corrected chi connectivity index (χ4v) is 7.30. The highest BCUT2D eigenvalue weighted by molar-refractivity contribution is 8.08. The summed E-state index contributed by atoms with van der Waals surface area (Å²) < 4.78 is 4.25. The molecule has 0 spiro atoms. The molecule has 1 saturated heterocycles. The molecule has 15 heteroatoms. The van der Waals surface area contributed by atoms with Gasteiger partial charge in [-0.3, -0.25) is 19.5 Å². The number of hydrogen-bond donors (Lipinski definition) is 3. The van der Waals surface area contributed by atoms with Gasteiger partial charge in [0.2, 0.25) is 0 Å². The monoisotopic (exact) mass is 573 g/mol. The maximum Gasteiger partial charge on any atom is 0.353 e. The number of carboxylic acid groups (broad SMARTS) is 1. The van der Waals surface area contributed by atoms with Gasteiger partial charge in [-0.1, -0.05) is 23.0 Å². The van der Waals surface area contributed by atoms with E-state index in [1.54, 1.807) is 23.9 Å². The van der Waals surface area contributed by atoms with Crippen molar-refractivity contribution in [2.75, 3.05) is 11.5 Å². The van der Waals surface area contributed by atoms with Crippen LogP contribution in [0.5, 0.6) is 0 Å². The summed E-state index contributed by atoms with van der Waals surface area (Å²) in [5.41, 5.74) is 6.49. The van der Waals surface area contributed by atoms with Gasteiger partial charge in [-0.2, -0.15) is 4.37 Å². The summed E-state index contributed by atoms with van der Waals surface area (Å²) in [7, 11) is 0. The Labute approximate surface area is 230 Å². The molecular weight excluding hydrogens is 550 g/mol. The van der Waals surface area contributed by atoms with E-state index >= 15 is 0 Å². The molecule has 198 valence electrons. The first-order valence-corrected chi connectivity index (χ1v) is 14.4. The molecule has 12 nitrogen and oxygen atoms in total. The third-order valence-electron chi connectivity index (χ3n) is 6.20. The lowest BCUT2D eigenvalue weighted by molar-refractivity contribution is -0.150. The van der Waals surface area contributed by atoms with Gasteiger partial charge < -0.3 is 21.0 Å². The number of aliphatic carboxylic acids is 1. The zero-order valence-electron chi connectivity index (χ0n) is 19.8. The van der Waals surface area contributed by atoms with Gasteiger partial charge in [-0.05, 0) is 42.4 Å². The van der Waals surface area contributed by atoms with Crippen molar-refractivity contribution in [2.24, 2.45) is 5.16 Å². The van der Waals surface area contributed by atoms with Crippen LogP contribution in [0.15, 0.2) is 45.7 Å². The lowest BCUT2D eigenvalue weighted by Gasteiger charge is -2.49. The molecule has 0 aromatic carbocycles. The molecule has 3 unspecified atom stereocenters. The molecule has 4 N–H and O–H groups in total. The van der Waals surface area contributed by atoms with Crippen LogP contribution in [0.1, 0.15) is 36.6 Å². The number of pyridine rings is 1. The molecule has 2 amide bonds. The number of rotatable bonds is 9. The Bertz CT molecular complexity index is 1320. The van der Waals surface area contributed by atoms with Gasteiger partial charge in [0.15, 0.2) is 11.0 Å². The number of amides is 2. The van der Waals surface area contributed by atoms with Gasteiger partial charge in [0.05, 0.1) is 5.92 Å². The number of anilines is 1. The van der Waals surface area contributed by atoms with Crippen LogP contribution in [0.2, 0.25) is 0 Å². The first kappa shape index (κ1) is 26.2. The Morgan fingerprint density at radius 2 is 2.24 bits per heavy atom. The highest BCUT2D eigenvalue weighted by Crippen LogP contribution is 2.43. The summed E-state index contributed by atoms with van der Waals surface area (Å²) in [6.07, 6.45) is 8.40. The Hall–Kier alpha value is -3.43. The van der Waals surface area contributed by atoms with Crippen LogP contribution in [0.3, 0.4) is 0 Å². The van der Waals surface area contributed by atoms with Crippen LogP contribution >= 0.6 is 35.1 Å². The lowest BCUT2D eigenvalue weighted by atomic mass is 10.1. The largest absolute Gasteiger partial charge is 0.477 e. The van der Waals surface area contributed by atoms with Gasteiger partial charge >= 0.3 is 5.97 Å². The van der Waals surface area contributed by atoms with Crippen molar-refractivity contribution in [3.05, 3.63) is 51.9 Å². The number of fused-ring (bicyclic) bond motifs is 1. The number of nitrogens with zero attached hydrogens (tertiary/aromatic N) is 5. The molecule has 2 aliphatic heterocycles. The molecule has 3 aliphatic rings. The first-order valence-electron chi connectivity index (χ1n) is 11.7. The maximum absolute atomic E-state index is 12.8. The molecule has 1 saturated carbocycles. The second-order valence-electron chi connectivity index (χ2n) is 8.59. The number of oxime groups is 1. The van der Waals surface area contributed by atoms with Crippen LogP contribution in [0.25, 0.3) is 6.08 Å². The van der Waals surface area contributed by atoms with E-state index in [0.717, 1.165) is 42.6 Å². The van der Waals surface area contributed by atoms with Gasteiger partial charge in [-0.25, -0.2) is 9.78 Å². The highest BCUT2D eigenvalue weighted by atomic mass is 32.2. The van der Waals surface area contributed by atoms with E-state index in [-0.39, 0.29) is 17.7 Å². The molecule has 4 atom stereocenters. The van der Waals surface area contributed by atoms with Crippen LogP contribution in [-0.4, -0.2) is 71.6 Å². The maximum atomic E-state index is 12.8. The van der Waals surface area contributed by atoms with E-state index in [4.69, 9.17) is 10.6 Å². The van der Waals surface area contributed by atoms with E-state index in [0.29, 0.717) is 21.6 Å². The topological polar surface area (TPSA) is 173 Å². The molecule has 1 aliphatic carbocycles. The summed E-state index contributed by atoms with van der Waals surface area (Å²) in [4.78, 5) is 52.9. The Balaban J connectivity index is 1.17. The average Bonchev–Trinajstić information content (AvgIpc) is 3.56. The van der Waals surface area contributed by atoms with Crippen LogP contribution in [0.4, 0.5) is 5.13 Å². The number of hydrogen-bond acceptors (Lipinski definition) is 12. The Morgan fingerprint density at radius 3 is 2.97 bits per heavy atom. The minimum Gasteiger partial charge on any atom is -0.477 e. The summed E-state index contributed by atoms with van der Waals surface area (Å²) in [6, 6.07) is 2.83. The number of thioether (sulfide) groups is 2. The van der Waals surface area contributed by atoms with Gasteiger partial charge in [0.1, 0.15) is 29.4 Å². The van der Waals surface area contributed by atoms with Crippen molar-refractivity contribution in [1.29, 1.82) is 0 Å². The molecule has 0 bridgehead atoms. The normalized spacial score (nSPS) is 25.1. The average molecular weight is 574 g/mol. The fourth-order valence-electron chi connectivity index (χ4n) is 4.44. The first-order chi connectivity index (χ1) is 18.4. The third-order valence-corrected chi connectivity index (χ3v) is 9.11. The minimum atomic E-state index is -1.19. The smallest absolute Gasteiger partial charge is 0.353 e. The number of carbonyl (C=O) groups is 3. The number of aromatic nitrogens is 3. The number of β-lactam (4-membered cyclic amide) rings is 1. The molecule has 2 aromatic rings. The van der Waals surface area contributed by atoms with Crippen molar-refractivity contribution >= 4 is 70.3 Å². The Kier molecular flexibility index (Phi) is 7.95. The van der Waals surface area contributed by atoms with Crippen molar-refractivity contribution in [2.45, 2.75) is 42.7 Å². The van der Waals surface area contributed by atoms with Gasteiger partial charge in [-0.15, -0.1) is 11.8 Å². The van der Waals surface area contributed by atoms with Crippen molar-refractivity contribution < 1.29 is 24.3 Å². The predicted octanol–water partition coefficient (Wildman–Crippen LogP) is 2.25. The fraction of sp³-hybridized carbons (Fsp3) is 0.348. The van der Waals surface area contributed by atoms with Gasteiger partial charge in [0, 0.05) is 34.6 Å². The van der Waals surface area contributed by atoms with Crippen LogP contribution < -0.4 is 11.1 Å². The Morgan fingerprint density at radius 1 is 1.37 bits per heavy atom. The molecule has 2 aromatic heterocycles. The number of nitrogens with two attached hydrogens (primary N) is 1. The van der Waals surface area contributed by atoms with Crippen molar-refractivity contribution in [3.8, 4) is 0 Å². The lowest BCUT2D eigenvalue weighted by Crippen LogP contribution is -2.70. The molecule has 4 heterocycles. The summed E-state index contributed by atoms with van der Waals surface area (Å²) >= 11 is 3.76. The minimum absolute atomic E-state index is 0.0448. The molecule has 2 fully saturated rings. The quantitative estimate of drug-likeness (QED) is 0.228. The zero-order valence-corrected chi connectivity index (χ0v) is 22.2. The van der Waals surface area contributed by atoms with Crippen LogP contribution in [-0.2, 0) is 19.2 Å².